The minimum Gasteiger partial charge on any atom is -0.488 e. The SMILES string of the molecule is CC(O)COc1ccc(C(N)=O)c(-c2c(Cl)ccc3c2C[C@@](CN)(c2ccccc2)O3)c1F. The number of carbonyl (C=O) groups excluding carboxylic acids is 1. The van der Waals surface area contributed by atoms with Crippen molar-refractivity contribution in [1.82, 2.24) is 0 Å². The highest BCUT2D eigenvalue weighted by atomic mass is 35.5. The van der Waals surface area contributed by atoms with Crippen LogP contribution >= 0.6 is 11.6 Å². The first-order valence-corrected chi connectivity index (χ1v) is 10.8. The molecule has 33 heavy (non-hydrogen) atoms. The van der Waals surface area contributed by atoms with Gasteiger partial charge in [-0.3, -0.25) is 4.79 Å². The Morgan fingerprint density at radius 3 is 2.58 bits per heavy atom. The summed E-state index contributed by atoms with van der Waals surface area (Å²) in [6.45, 7) is 1.57. The summed E-state index contributed by atoms with van der Waals surface area (Å²) in [5.74, 6) is -1.25. The van der Waals surface area contributed by atoms with E-state index in [9.17, 15) is 9.90 Å². The Morgan fingerprint density at radius 1 is 1.21 bits per heavy atom. The van der Waals surface area contributed by atoms with Crippen LogP contribution in [0.5, 0.6) is 11.5 Å². The number of fused-ring (bicyclic) bond motifs is 1. The number of primary amides is 1. The molecule has 0 saturated carbocycles. The Hall–Kier alpha value is -3.13. The number of hydrogen-bond donors (Lipinski definition) is 3. The average Bonchev–Trinajstić information content (AvgIpc) is 3.19. The van der Waals surface area contributed by atoms with Crippen LogP contribution in [0.25, 0.3) is 11.1 Å². The maximum atomic E-state index is 15.7. The van der Waals surface area contributed by atoms with Gasteiger partial charge < -0.3 is 26.0 Å². The normalized spacial score (nSPS) is 17.8. The molecule has 1 heterocycles. The predicted molar refractivity (Wildman–Crippen MR) is 124 cm³/mol. The molecule has 1 amide bonds. The predicted octanol–water partition coefficient (Wildman–Crippen LogP) is 3.79. The Bertz CT molecular complexity index is 1200. The van der Waals surface area contributed by atoms with Crippen molar-refractivity contribution in [3.05, 3.63) is 82.1 Å². The van der Waals surface area contributed by atoms with Crippen LogP contribution in [0, 0.1) is 5.82 Å². The van der Waals surface area contributed by atoms with Gasteiger partial charge in [-0.25, -0.2) is 4.39 Å². The van der Waals surface area contributed by atoms with E-state index in [1.807, 2.05) is 30.3 Å². The minimum atomic E-state index is -0.868. The molecule has 0 spiro atoms. The van der Waals surface area contributed by atoms with Crippen molar-refractivity contribution < 1.29 is 23.8 Å². The van der Waals surface area contributed by atoms with Crippen LogP contribution in [0.15, 0.2) is 54.6 Å². The van der Waals surface area contributed by atoms with E-state index in [1.54, 1.807) is 12.1 Å². The Balaban J connectivity index is 1.90. The number of nitrogens with two attached hydrogens (primary N) is 2. The zero-order valence-electron chi connectivity index (χ0n) is 18.0. The fraction of sp³-hybridized carbons (Fsp3) is 0.240. The van der Waals surface area contributed by atoms with Crippen molar-refractivity contribution in [2.24, 2.45) is 11.5 Å². The molecule has 0 aliphatic carbocycles. The molecule has 5 N–H and O–H groups in total. The fourth-order valence-electron chi connectivity index (χ4n) is 4.14. The molecular weight excluding hydrogens is 447 g/mol. The molecule has 6 nitrogen and oxygen atoms in total. The third kappa shape index (κ3) is 4.15. The summed E-state index contributed by atoms with van der Waals surface area (Å²) in [5, 5.41) is 9.76. The number of aliphatic hydroxyl groups excluding tert-OH is 1. The Labute approximate surface area is 195 Å². The summed E-state index contributed by atoms with van der Waals surface area (Å²) in [7, 11) is 0. The zero-order chi connectivity index (χ0) is 23.8. The van der Waals surface area contributed by atoms with Crippen molar-refractivity contribution in [1.29, 1.82) is 0 Å². The van der Waals surface area contributed by atoms with Crippen molar-refractivity contribution in [3.8, 4) is 22.6 Å². The van der Waals surface area contributed by atoms with Crippen LogP contribution in [-0.2, 0) is 12.0 Å². The number of aliphatic hydroxyl groups is 1. The third-order valence-electron chi connectivity index (χ3n) is 5.72. The van der Waals surface area contributed by atoms with Crippen LogP contribution in [0.2, 0.25) is 5.02 Å². The second kappa shape index (κ2) is 9.02. The first kappa shape index (κ1) is 23.0. The molecule has 3 aromatic carbocycles. The van der Waals surface area contributed by atoms with E-state index in [-0.39, 0.29) is 35.1 Å². The molecule has 4 rings (SSSR count). The van der Waals surface area contributed by atoms with Gasteiger partial charge in [-0.2, -0.15) is 0 Å². The van der Waals surface area contributed by atoms with Gasteiger partial charge in [-0.1, -0.05) is 41.9 Å². The Morgan fingerprint density at radius 2 is 1.94 bits per heavy atom. The monoisotopic (exact) mass is 470 g/mol. The summed E-state index contributed by atoms with van der Waals surface area (Å²) >= 11 is 6.57. The van der Waals surface area contributed by atoms with E-state index >= 15 is 4.39 Å². The first-order valence-electron chi connectivity index (χ1n) is 10.5. The summed E-state index contributed by atoms with van der Waals surface area (Å²) in [4.78, 5) is 12.2. The molecule has 0 radical (unpaired) electrons. The van der Waals surface area contributed by atoms with Crippen LogP contribution in [0.1, 0.15) is 28.4 Å². The molecule has 1 unspecified atom stereocenters. The second-order valence-corrected chi connectivity index (χ2v) is 8.47. The molecule has 1 aliphatic heterocycles. The molecule has 1 aliphatic rings. The second-order valence-electron chi connectivity index (χ2n) is 8.07. The van der Waals surface area contributed by atoms with Gasteiger partial charge in [-0.15, -0.1) is 0 Å². The lowest BCUT2D eigenvalue weighted by Crippen LogP contribution is -2.39. The third-order valence-corrected chi connectivity index (χ3v) is 6.03. The van der Waals surface area contributed by atoms with Crippen LogP contribution in [0.4, 0.5) is 4.39 Å². The maximum Gasteiger partial charge on any atom is 0.249 e. The lowest BCUT2D eigenvalue weighted by molar-refractivity contribution is 0.0999. The van der Waals surface area contributed by atoms with E-state index in [0.29, 0.717) is 23.3 Å². The number of rotatable bonds is 7. The highest BCUT2D eigenvalue weighted by molar-refractivity contribution is 6.34. The summed E-state index contributed by atoms with van der Waals surface area (Å²) in [5.41, 5.74) is 12.5. The van der Waals surface area contributed by atoms with E-state index < -0.39 is 23.4 Å². The van der Waals surface area contributed by atoms with Gasteiger partial charge in [0, 0.05) is 34.7 Å². The minimum absolute atomic E-state index is 0.0443. The number of carbonyl (C=O) groups is 1. The number of hydrogen-bond acceptors (Lipinski definition) is 5. The topological polar surface area (TPSA) is 108 Å². The molecular formula is C25H24ClFN2O4. The van der Waals surface area contributed by atoms with Crippen molar-refractivity contribution >= 4 is 17.5 Å². The zero-order valence-corrected chi connectivity index (χ0v) is 18.7. The first-order chi connectivity index (χ1) is 15.8. The fourth-order valence-corrected chi connectivity index (χ4v) is 4.41. The van der Waals surface area contributed by atoms with Crippen LogP contribution < -0.4 is 20.9 Å². The van der Waals surface area contributed by atoms with Crippen molar-refractivity contribution in [3.63, 3.8) is 0 Å². The van der Waals surface area contributed by atoms with E-state index in [0.717, 1.165) is 5.56 Å². The maximum absolute atomic E-state index is 15.7. The quantitative estimate of drug-likeness (QED) is 0.487. The van der Waals surface area contributed by atoms with Gasteiger partial charge in [0.25, 0.3) is 0 Å². The average molecular weight is 471 g/mol. The number of ether oxygens (including phenoxy) is 2. The standard InChI is InChI=1S/C25H24ClFN2O4/c1-14(30)12-32-20-9-7-16(24(29)31)22(23(20)27)21-17-11-25(13-28,15-5-3-2-4-6-15)33-19(17)10-8-18(21)26/h2-10,14,30H,11-13,28H2,1H3,(H2,29,31)/t14?,25-/m1/s1. The largest absolute Gasteiger partial charge is 0.488 e. The molecule has 0 fully saturated rings. The summed E-state index contributed by atoms with van der Waals surface area (Å²) < 4.78 is 27.5. The van der Waals surface area contributed by atoms with E-state index in [2.05, 4.69) is 0 Å². The molecule has 172 valence electrons. The molecule has 0 bridgehead atoms. The van der Waals surface area contributed by atoms with Gasteiger partial charge in [0.2, 0.25) is 5.91 Å². The van der Waals surface area contributed by atoms with Gasteiger partial charge in [0.15, 0.2) is 17.2 Å². The lowest BCUT2D eigenvalue weighted by Gasteiger charge is -2.27. The summed E-state index contributed by atoms with van der Waals surface area (Å²) in [6.07, 6.45) is -0.493. The highest BCUT2D eigenvalue weighted by Gasteiger charge is 2.42. The number of halogens is 2. The van der Waals surface area contributed by atoms with Gasteiger partial charge in [0.05, 0.1) is 11.7 Å². The highest BCUT2D eigenvalue weighted by Crippen LogP contribution is 2.49. The van der Waals surface area contributed by atoms with E-state index in [1.165, 1.54) is 19.1 Å². The lowest BCUT2D eigenvalue weighted by atomic mass is 9.85. The number of amides is 1. The molecule has 0 saturated heterocycles. The molecule has 0 aromatic heterocycles. The molecule has 2 atom stereocenters. The van der Waals surface area contributed by atoms with Crippen LogP contribution in [-0.4, -0.2) is 30.3 Å². The van der Waals surface area contributed by atoms with Crippen molar-refractivity contribution in [2.75, 3.05) is 13.2 Å². The van der Waals surface area contributed by atoms with Gasteiger partial charge in [-0.05, 0) is 36.8 Å². The molecule has 8 heteroatoms. The number of benzene rings is 3. The van der Waals surface area contributed by atoms with Gasteiger partial charge in [0.1, 0.15) is 12.4 Å². The Kier molecular flexibility index (Phi) is 6.30. The summed E-state index contributed by atoms with van der Waals surface area (Å²) in [6, 6.07) is 15.5. The smallest absolute Gasteiger partial charge is 0.249 e. The van der Waals surface area contributed by atoms with E-state index in [4.69, 9.17) is 32.5 Å². The van der Waals surface area contributed by atoms with Gasteiger partial charge >= 0.3 is 0 Å². The van der Waals surface area contributed by atoms with Crippen molar-refractivity contribution in [2.45, 2.75) is 25.0 Å². The molecule has 3 aromatic rings. The van der Waals surface area contributed by atoms with Crippen LogP contribution in [0.3, 0.4) is 0 Å².